The molecule has 26 heavy (non-hydrogen) atoms. The molecule has 0 aromatic rings. The molecule has 3 fully saturated rings. The fourth-order valence-electron chi connectivity index (χ4n) is 3.97. The van der Waals surface area contributed by atoms with E-state index in [1.54, 1.807) is 7.05 Å². The van der Waals surface area contributed by atoms with Gasteiger partial charge in [-0.1, -0.05) is 25.7 Å². The van der Waals surface area contributed by atoms with Crippen molar-refractivity contribution in [3.8, 4) is 0 Å². The summed E-state index contributed by atoms with van der Waals surface area (Å²) < 4.78 is 10.4. The number of hydrogen-bond donors (Lipinski definition) is 0. The van der Waals surface area contributed by atoms with E-state index in [-0.39, 0.29) is 24.7 Å². The van der Waals surface area contributed by atoms with Crippen LogP contribution >= 0.6 is 0 Å². The smallest absolute Gasteiger partial charge is 0.416 e. The number of ether oxygens (including phenoxy) is 2. The molecule has 0 bridgehead atoms. The highest BCUT2D eigenvalue weighted by molar-refractivity contribution is 5.94. The first-order valence-electron chi connectivity index (χ1n) is 9.78. The lowest BCUT2D eigenvalue weighted by molar-refractivity contribution is -0.474. The van der Waals surface area contributed by atoms with Crippen LogP contribution in [-0.2, 0) is 24.1 Å². The summed E-state index contributed by atoms with van der Waals surface area (Å²) in [4.78, 5) is 36.5. The van der Waals surface area contributed by atoms with E-state index in [4.69, 9.17) is 19.3 Å². The zero-order valence-electron chi connectivity index (χ0n) is 15.6. The maximum Gasteiger partial charge on any atom is 0.416 e. The van der Waals surface area contributed by atoms with Crippen molar-refractivity contribution in [2.45, 2.75) is 57.7 Å². The van der Waals surface area contributed by atoms with E-state index in [1.807, 2.05) is 0 Å². The van der Waals surface area contributed by atoms with Gasteiger partial charge in [-0.25, -0.2) is 9.69 Å². The number of hydrogen-bond acceptors (Lipinski definition) is 7. The summed E-state index contributed by atoms with van der Waals surface area (Å²) >= 11 is 0. The summed E-state index contributed by atoms with van der Waals surface area (Å²) in [6.07, 6.45) is 7.48. The quantitative estimate of drug-likeness (QED) is 0.480. The molecule has 0 N–H and O–H groups in total. The Kier molecular flexibility index (Phi) is 7.24. The highest BCUT2D eigenvalue weighted by Crippen LogP contribution is 2.31. The van der Waals surface area contributed by atoms with Crippen molar-refractivity contribution in [3.05, 3.63) is 0 Å². The van der Waals surface area contributed by atoms with Crippen molar-refractivity contribution >= 4 is 12.0 Å². The fourth-order valence-corrected chi connectivity index (χ4v) is 3.97. The van der Waals surface area contributed by atoms with E-state index in [1.165, 1.54) is 22.8 Å². The van der Waals surface area contributed by atoms with E-state index in [9.17, 15) is 9.59 Å². The van der Waals surface area contributed by atoms with E-state index in [0.717, 1.165) is 38.5 Å². The van der Waals surface area contributed by atoms with E-state index in [2.05, 4.69) is 0 Å². The normalized spacial score (nSPS) is 25.7. The maximum absolute atomic E-state index is 12.9. The third kappa shape index (κ3) is 5.39. The molecule has 8 nitrogen and oxygen atoms in total. The van der Waals surface area contributed by atoms with E-state index >= 15 is 0 Å². The Morgan fingerprint density at radius 1 is 1.23 bits per heavy atom. The largest absolute Gasteiger partial charge is 0.447 e. The Bertz CT molecular complexity index is 476. The number of hydroxylamine groups is 2. The van der Waals surface area contributed by atoms with Crippen molar-refractivity contribution in [3.63, 3.8) is 0 Å². The lowest BCUT2D eigenvalue weighted by Crippen LogP contribution is -2.42. The van der Waals surface area contributed by atoms with Gasteiger partial charge in [-0.15, -0.1) is 4.99 Å². The van der Waals surface area contributed by atoms with E-state index < -0.39 is 6.09 Å². The monoisotopic (exact) mass is 370 g/mol. The van der Waals surface area contributed by atoms with Crippen molar-refractivity contribution in [1.82, 2.24) is 9.96 Å². The molecule has 0 aromatic carbocycles. The molecule has 3 aliphatic rings. The molecule has 1 saturated carbocycles. The maximum atomic E-state index is 12.9. The highest BCUT2D eigenvalue weighted by atomic mass is 17.3. The average molecular weight is 370 g/mol. The van der Waals surface area contributed by atoms with Crippen molar-refractivity contribution < 1.29 is 28.9 Å². The van der Waals surface area contributed by atoms with Crippen LogP contribution in [-0.4, -0.2) is 61.6 Å². The van der Waals surface area contributed by atoms with Gasteiger partial charge in [0.05, 0.1) is 12.5 Å². The predicted molar refractivity (Wildman–Crippen MR) is 91.5 cm³/mol. The van der Waals surface area contributed by atoms with Gasteiger partial charge in [0, 0.05) is 26.6 Å². The van der Waals surface area contributed by atoms with Crippen molar-refractivity contribution in [2.24, 2.45) is 11.8 Å². The standard InChI is InChI=1S/C18H30N2O6/c1-19(26-25-16-8-4-5-10-23-16)13-15(12-14-6-2-3-7-14)17(21)20-9-11-24-18(20)22/h14-16H,2-13H2,1H3. The number of amides is 2. The Balaban J connectivity index is 1.53. The minimum atomic E-state index is -0.540. The third-order valence-electron chi connectivity index (χ3n) is 5.36. The Hall–Kier alpha value is -1.22. The fraction of sp³-hybridized carbons (Fsp3) is 0.889. The van der Waals surface area contributed by atoms with Gasteiger partial charge in [-0.3, -0.25) is 4.79 Å². The predicted octanol–water partition coefficient (Wildman–Crippen LogP) is 2.48. The van der Waals surface area contributed by atoms with Gasteiger partial charge in [0.25, 0.3) is 0 Å². The molecule has 0 radical (unpaired) electrons. The number of cyclic esters (lactones) is 1. The summed E-state index contributed by atoms with van der Waals surface area (Å²) in [6.45, 7) is 1.65. The molecule has 2 unspecified atom stereocenters. The van der Waals surface area contributed by atoms with Gasteiger partial charge in [0.15, 0.2) is 6.29 Å². The molecule has 2 saturated heterocycles. The molecule has 3 rings (SSSR count). The summed E-state index contributed by atoms with van der Waals surface area (Å²) in [5.74, 6) is 0.0342. The molecule has 1 aliphatic carbocycles. The van der Waals surface area contributed by atoms with Crippen LogP contribution in [0.25, 0.3) is 0 Å². The van der Waals surface area contributed by atoms with Gasteiger partial charge in [0.2, 0.25) is 5.91 Å². The van der Waals surface area contributed by atoms with Crippen LogP contribution in [0.1, 0.15) is 51.4 Å². The van der Waals surface area contributed by atoms with Gasteiger partial charge >= 0.3 is 6.09 Å². The zero-order chi connectivity index (χ0) is 18.4. The van der Waals surface area contributed by atoms with E-state index in [0.29, 0.717) is 25.6 Å². The summed E-state index contributed by atoms with van der Waals surface area (Å²) in [6, 6.07) is 0. The first-order valence-corrected chi connectivity index (χ1v) is 9.78. The van der Waals surface area contributed by atoms with Crippen molar-refractivity contribution in [2.75, 3.05) is 33.4 Å². The minimum absolute atomic E-state index is 0.177. The number of carbonyl (C=O) groups is 2. The molecular formula is C18H30N2O6. The van der Waals surface area contributed by atoms with Crippen LogP contribution in [0.2, 0.25) is 0 Å². The molecular weight excluding hydrogens is 340 g/mol. The van der Waals surface area contributed by atoms with Gasteiger partial charge in [0.1, 0.15) is 6.61 Å². The van der Waals surface area contributed by atoms with Gasteiger partial charge in [-0.05, 0) is 25.2 Å². The summed E-state index contributed by atoms with van der Waals surface area (Å²) in [5.41, 5.74) is 0. The molecule has 0 aromatic heterocycles. The van der Waals surface area contributed by atoms with Crippen LogP contribution in [0.4, 0.5) is 4.79 Å². The number of nitrogens with zero attached hydrogens (tertiary/aromatic N) is 2. The number of carbonyl (C=O) groups excluding carboxylic acids is 2. The van der Waals surface area contributed by atoms with Crippen LogP contribution in [0.15, 0.2) is 0 Å². The summed E-state index contributed by atoms with van der Waals surface area (Å²) in [7, 11) is 1.74. The average Bonchev–Trinajstić information content (AvgIpc) is 3.31. The first-order chi connectivity index (χ1) is 12.6. The lowest BCUT2D eigenvalue weighted by atomic mass is 9.92. The third-order valence-corrected chi connectivity index (χ3v) is 5.36. The van der Waals surface area contributed by atoms with Crippen molar-refractivity contribution in [1.29, 1.82) is 0 Å². The van der Waals surface area contributed by atoms with Gasteiger partial charge in [-0.2, -0.15) is 9.95 Å². The SMILES string of the molecule is CN(CC(CC1CCCC1)C(=O)N1CCOC1=O)OOC1CCCCO1. The molecule has 0 spiro atoms. The molecule has 8 heteroatoms. The molecule has 2 amide bonds. The summed E-state index contributed by atoms with van der Waals surface area (Å²) in [5, 5.41) is 1.52. The Morgan fingerprint density at radius 3 is 2.65 bits per heavy atom. The Morgan fingerprint density at radius 2 is 2.00 bits per heavy atom. The zero-order valence-corrected chi connectivity index (χ0v) is 15.6. The number of imide groups is 1. The topological polar surface area (TPSA) is 77.5 Å². The minimum Gasteiger partial charge on any atom is -0.447 e. The first kappa shape index (κ1) is 19.5. The lowest BCUT2D eigenvalue weighted by Gasteiger charge is -2.28. The molecule has 148 valence electrons. The Labute approximate surface area is 154 Å². The van der Waals surface area contributed by atoms with Gasteiger partial charge < -0.3 is 9.47 Å². The second-order valence-electron chi connectivity index (χ2n) is 7.46. The van der Waals surface area contributed by atoms with Crippen LogP contribution < -0.4 is 0 Å². The number of rotatable bonds is 8. The second-order valence-corrected chi connectivity index (χ2v) is 7.46. The van der Waals surface area contributed by atoms with Crippen LogP contribution in [0.3, 0.4) is 0 Å². The molecule has 2 aliphatic heterocycles. The molecule has 2 heterocycles. The molecule has 2 atom stereocenters. The second kappa shape index (κ2) is 9.64. The highest BCUT2D eigenvalue weighted by Gasteiger charge is 2.36. The van der Waals surface area contributed by atoms with Crippen LogP contribution in [0, 0.1) is 11.8 Å². The van der Waals surface area contributed by atoms with Crippen LogP contribution in [0.5, 0.6) is 0 Å².